The molecule has 0 aromatic rings. The zero-order valence-electron chi connectivity index (χ0n) is 7.13. The van der Waals surface area contributed by atoms with Crippen LogP contribution in [-0.2, 0) is 0 Å². The topological polar surface area (TPSA) is 0 Å². The van der Waals surface area contributed by atoms with Crippen LogP contribution in [0.4, 0.5) is 0 Å². The van der Waals surface area contributed by atoms with Gasteiger partial charge in [0.05, 0.1) is 0 Å². The van der Waals surface area contributed by atoms with Gasteiger partial charge in [0, 0.05) is 5.75 Å². The monoisotopic (exact) mass is 170 g/mol. The smallest absolute Gasteiger partial charge is 0.00825 e. The third kappa shape index (κ3) is 3.85. The van der Waals surface area contributed by atoms with E-state index in [-0.39, 0.29) is 0 Å². The second kappa shape index (κ2) is 5.70. The van der Waals surface area contributed by atoms with Crippen molar-refractivity contribution in [1.29, 1.82) is 0 Å². The SMILES string of the molecule is SCC=CCC1CCCCC1. The molecule has 0 N–H and O–H groups in total. The minimum atomic E-state index is 0.896. The molecular weight excluding hydrogens is 152 g/mol. The average molecular weight is 170 g/mol. The normalized spacial score (nSPS) is 21.2. The molecule has 0 saturated heterocycles. The standard InChI is InChI=1S/C10H18S/c11-9-5-4-8-10-6-2-1-3-7-10/h4-5,10-11H,1-3,6-9H2. The Morgan fingerprint density at radius 1 is 1.09 bits per heavy atom. The highest BCUT2D eigenvalue weighted by molar-refractivity contribution is 7.80. The van der Waals surface area contributed by atoms with Crippen LogP contribution in [0.3, 0.4) is 0 Å². The highest BCUT2D eigenvalue weighted by atomic mass is 32.1. The van der Waals surface area contributed by atoms with Gasteiger partial charge in [0.1, 0.15) is 0 Å². The van der Waals surface area contributed by atoms with Gasteiger partial charge in [-0.15, -0.1) is 0 Å². The molecule has 1 aliphatic carbocycles. The third-order valence-electron chi connectivity index (χ3n) is 2.47. The molecule has 1 saturated carbocycles. The number of hydrogen-bond donors (Lipinski definition) is 1. The number of allylic oxidation sites excluding steroid dienone is 1. The summed E-state index contributed by atoms with van der Waals surface area (Å²) < 4.78 is 0. The Kier molecular flexibility index (Phi) is 4.76. The van der Waals surface area contributed by atoms with E-state index in [0.29, 0.717) is 0 Å². The number of thiol groups is 1. The van der Waals surface area contributed by atoms with Crippen molar-refractivity contribution in [2.24, 2.45) is 5.92 Å². The van der Waals surface area contributed by atoms with E-state index < -0.39 is 0 Å². The van der Waals surface area contributed by atoms with Crippen molar-refractivity contribution in [2.45, 2.75) is 38.5 Å². The summed E-state index contributed by atoms with van der Waals surface area (Å²) >= 11 is 4.13. The van der Waals surface area contributed by atoms with Crippen molar-refractivity contribution in [3.63, 3.8) is 0 Å². The van der Waals surface area contributed by atoms with E-state index in [1.165, 1.54) is 38.5 Å². The summed E-state index contributed by atoms with van der Waals surface area (Å²) in [4.78, 5) is 0. The molecule has 0 radical (unpaired) electrons. The van der Waals surface area contributed by atoms with Gasteiger partial charge in [0.25, 0.3) is 0 Å². The van der Waals surface area contributed by atoms with Crippen LogP contribution in [0.25, 0.3) is 0 Å². The van der Waals surface area contributed by atoms with Crippen molar-refractivity contribution in [3.05, 3.63) is 12.2 Å². The van der Waals surface area contributed by atoms with Crippen LogP contribution in [0.5, 0.6) is 0 Å². The number of rotatable bonds is 3. The van der Waals surface area contributed by atoms with Gasteiger partial charge < -0.3 is 0 Å². The molecule has 0 nitrogen and oxygen atoms in total. The molecular formula is C10H18S. The lowest BCUT2D eigenvalue weighted by molar-refractivity contribution is 0.361. The minimum Gasteiger partial charge on any atom is -0.175 e. The first-order valence-corrected chi connectivity index (χ1v) is 5.32. The summed E-state index contributed by atoms with van der Waals surface area (Å²) in [5, 5.41) is 0. The van der Waals surface area contributed by atoms with Gasteiger partial charge in [-0.2, -0.15) is 12.6 Å². The zero-order chi connectivity index (χ0) is 7.94. The molecule has 11 heavy (non-hydrogen) atoms. The van der Waals surface area contributed by atoms with Crippen LogP contribution in [0.1, 0.15) is 38.5 Å². The van der Waals surface area contributed by atoms with Crippen LogP contribution >= 0.6 is 12.6 Å². The molecule has 1 aliphatic rings. The maximum atomic E-state index is 4.13. The predicted octanol–water partition coefficient (Wildman–Crippen LogP) is 3.44. The van der Waals surface area contributed by atoms with Crippen LogP contribution < -0.4 is 0 Å². The largest absolute Gasteiger partial charge is 0.175 e. The fourth-order valence-electron chi connectivity index (χ4n) is 1.79. The molecule has 0 atom stereocenters. The Morgan fingerprint density at radius 3 is 2.45 bits per heavy atom. The summed E-state index contributed by atoms with van der Waals surface area (Å²) in [6.07, 6.45) is 13.0. The van der Waals surface area contributed by atoms with Crippen LogP contribution in [0.2, 0.25) is 0 Å². The molecule has 0 heterocycles. The lowest BCUT2D eigenvalue weighted by Gasteiger charge is -2.19. The van der Waals surface area contributed by atoms with Crippen molar-refractivity contribution in [3.8, 4) is 0 Å². The predicted molar refractivity (Wildman–Crippen MR) is 54.2 cm³/mol. The molecule has 1 rings (SSSR count). The molecule has 0 aromatic heterocycles. The molecule has 0 amide bonds. The van der Waals surface area contributed by atoms with Crippen LogP contribution in [0, 0.1) is 5.92 Å². The summed E-state index contributed by atoms with van der Waals surface area (Å²) in [6, 6.07) is 0. The highest BCUT2D eigenvalue weighted by Gasteiger charge is 2.10. The Bertz CT molecular complexity index is 112. The van der Waals surface area contributed by atoms with E-state index in [1.54, 1.807) is 0 Å². The summed E-state index contributed by atoms with van der Waals surface area (Å²) in [5.41, 5.74) is 0. The van der Waals surface area contributed by atoms with E-state index in [2.05, 4.69) is 24.8 Å². The Hall–Kier alpha value is 0.0900. The second-order valence-corrected chi connectivity index (χ2v) is 3.76. The Balaban J connectivity index is 2.09. The summed E-state index contributed by atoms with van der Waals surface area (Å²) in [5.74, 6) is 1.88. The van der Waals surface area contributed by atoms with Gasteiger partial charge in [-0.05, 0) is 12.3 Å². The van der Waals surface area contributed by atoms with E-state index >= 15 is 0 Å². The summed E-state index contributed by atoms with van der Waals surface area (Å²) in [7, 11) is 0. The number of hydrogen-bond acceptors (Lipinski definition) is 1. The fraction of sp³-hybridized carbons (Fsp3) is 0.800. The van der Waals surface area contributed by atoms with Crippen molar-refractivity contribution in [2.75, 3.05) is 5.75 Å². The first-order chi connectivity index (χ1) is 5.43. The van der Waals surface area contributed by atoms with Crippen molar-refractivity contribution >= 4 is 12.6 Å². The minimum absolute atomic E-state index is 0.896. The molecule has 0 unspecified atom stereocenters. The molecule has 64 valence electrons. The fourth-order valence-corrected chi connectivity index (χ4v) is 1.94. The molecule has 0 spiro atoms. The molecule has 0 aromatic carbocycles. The van der Waals surface area contributed by atoms with Gasteiger partial charge in [-0.3, -0.25) is 0 Å². The average Bonchev–Trinajstić information content (AvgIpc) is 2.07. The van der Waals surface area contributed by atoms with E-state index in [0.717, 1.165) is 11.7 Å². The Labute approximate surface area is 75.5 Å². The van der Waals surface area contributed by atoms with E-state index in [1.807, 2.05) is 0 Å². The first-order valence-electron chi connectivity index (χ1n) is 4.69. The molecule has 0 bridgehead atoms. The lowest BCUT2D eigenvalue weighted by Crippen LogP contribution is -2.04. The maximum absolute atomic E-state index is 4.13. The van der Waals surface area contributed by atoms with Gasteiger partial charge in [-0.1, -0.05) is 44.3 Å². The second-order valence-electron chi connectivity index (χ2n) is 3.39. The Morgan fingerprint density at radius 2 is 1.82 bits per heavy atom. The molecule has 0 aliphatic heterocycles. The maximum Gasteiger partial charge on any atom is 0.00825 e. The lowest BCUT2D eigenvalue weighted by atomic mass is 9.87. The van der Waals surface area contributed by atoms with Crippen molar-refractivity contribution in [1.82, 2.24) is 0 Å². The van der Waals surface area contributed by atoms with Gasteiger partial charge in [0.2, 0.25) is 0 Å². The van der Waals surface area contributed by atoms with Crippen LogP contribution in [0.15, 0.2) is 12.2 Å². The third-order valence-corrected chi connectivity index (χ3v) is 2.68. The van der Waals surface area contributed by atoms with E-state index in [4.69, 9.17) is 0 Å². The highest BCUT2D eigenvalue weighted by Crippen LogP contribution is 2.26. The van der Waals surface area contributed by atoms with Crippen LogP contribution in [-0.4, -0.2) is 5.75 Å². The molecule has 1 fully saturated rings. The molecule has 1 heteroatoms. The summed E-state index contributed by atoms with van der Waals surface area (Å²) in [6.45, 7) is 0. The first kappa shape index (κ1) is 9.18. The van der Waals surface area contributed by atoms with Crippen molar-refractivity contribution < 1.29 is 0 Å². The van der Waals surface area contributed by atoms with Gasteiger partial charge >= 0.3 is 0 Å². The van der Waals surface area contributed by atoms with E-state index in [9.17, 15) is 0 Å². The zero-order valence-corrected chi connectivity index (χ0v) is 8.02. The quantitative estimate of drug-likeness (QED) is 0.487. The van der Waals surface area contributed by atoms with Gasteiger partial charge in [0.15, 0.2) is 0 Å². The van der Waals surface area contributed by atoms with Gasteiger partial charge in [-0.25, -0.2) is 0 Å².